The van der Waals surface area contributed by atoms with E-state index in [1.165, 1.54) is 38.3 Å². The summed E-state index contributed by atoms with van der Waals surface area (Å²) in [5, 5.41) is 6.65. The zero-order chi connectivity index (χ0) is 24.9. The first-order valence-electron chi connectivity index (χ1n) is 13.2. The Morgan fingerprint density at radius 3 is 2.89 bits per heavy atom. The van der Waals surface area contributed by atoms with E-state index in [4.69, 9.17) is 10.5 Å². The van der Waals surface area contributed by atoms with Crippen molar-refractivity contribution >= 4 is 6.03 Å². The number of allylic oxidation sites excluding steroid dienone is 3. The maximum atomic E-state index is 12.9. The topological polar surface area (TPSA) is 79.6 Å². The van der Waals surface area contributed by atoms with Gasteiger partial charge in [-0.05, 0) is 67.9 Å². The number of amides is 2. The molecule has 6 heteroatoms. The summed E-state index contributed by atoms with van der Waals surface area (Å²) in [6.07, 6.45) is 16.2. The second kappa shape index (κ2) is 14.0. The van der Waals surface area contributed by atoms with Crippen LogP contribution in [-0.2, 0) is 11.3 Å². The van der Waals surface area contributed by atoms with Crippen molar-refractivity contribution in [2.24, 2.45) is 23.0 Å². The standard InChI is InChI=1S/C29H44N4O2/c1-3-33(28(34)32-23-29-15-14-25(20-29)12-7-9-24(2)19-29)18-17-31-16-8-13-27(21-30)35-22-26-10-5-4-6-11-26/h4-11,13,21,24-25,31H,3,12,14-20,22-23,30H2,1-2H3,(H,32,34)/b9-7+,13-8-,27-21+. The van der Waals surface area contributed by atoms with Crippen LogP contribution >= 0.6 is 0 Å². The van der Waals surface area contributed by atoms with Gasteiger partial charge in [0.15, 0.2) is 0 Å². The van der Waals surface area contributed by atoms with E-state index < -0.39 is 0 Å². The molecule has 2 aliphatic rings. The molecule has 2 bridgehead atoms. The van der Waals surface area contributed by atoms with Crippen LogP contribution < -0.4 is 16.4 Å². The molecule has 1 fully saturated rings. The number of fused-ring (bicyclic) bond motifs is 2. The number of likely N-dealkylation sites (N-methyl/N-ethyl adjacent to an activating group) is 1. The number of urea groups is 1. The number of hydrogen-bond acceptors (Lipinski definition) is 4. The van der Waals surface area contributed by atoms with Crippen molar-refractivity contribution in [1.29, 1.82) is 0 Å². The van der Waals surface area contributed by atoms with Gasteiger partial charge in [-0.3, -0.25) is 0 Å². The third-order valence-corrected chi connectivity index (χ3v) is 7.29. The normalized spacial score (nSPS) is 25.1. The van der Waals surface area contributed by atoms with Gasteiger partial charge in [-0.15, -0.1) is 0 Å². The van der Waals surface area contributed by atoms with Crippen molar-refractivity contribution in [3.05, 3.63) is 72.2 Å². The number of benzene rings is 1. The van der Waals surface area contributed by atoms with Crippen LogP contribution in [0.4, 0.5) is 4.79 Å². The van der Waals surface area contributed by atoms with Crippen LogP contribution in [0.25, 0.3) is 0 Å². The van der Waals surface area contributed by atoms with Gasteiger partial charge in [-0.25, -0.2) is 4.79 Å². The lowest BCUT2D eigenvalue weighted by Crippen LogP contribution is -2.46. The molecule has 0 aromatic heterocycles. The molecular formula is C29H44N4O2. The van der Waals surface area contributed by atoms with Crippen molar-refractivity contribution in [2.45, 2.75) is 52.6 Å². The zero-order valence-electron chi connectivity index (χ0n) is 21.5. The van der Waals surface area contributed by atoms with Crippen LogP contribution in [0.15, 0.2) is 66.6 Å². The summed E-state index contributed by atoms with van der Waals surface area (Å²) in [7, 11) is 0. The number of rotatable bonds is 12. The molecule has 0 spiro atoms. The van der Waals surface area contributed by atoms with Gasteiger partial charge in [0.05, 0.1) is 0 Å². The van der Waals surface area contributed by atoms with Gasteiger partial charge in [0.2, 0.25) is 0 Å². The highest BCUT2D eigenvalue weighted by atomic mass is 16.5. The third-order valence-electron chi connectivity index (χ3n) is 7.29. The Bertz CT molecular complexity index is 867. The molecule has 0 radical (unpaired) electrons. The highest BCUT2D eigenvalue weighted by Crippen LogP contribution is 2.48. The van der Waals surface area contributed by atoms with Crippen molar-refractivity contribution in [3.8, 4) is 0 Å². The summed E-state index contributed by atoms with van der Waals surface area (Å²) < 4.78 is 5.75. The molecule has 1 aromatic rings. The highest BCUT2D eigenvalue weighted by molar-refractivity contribution is 5.74. The average molecular weight is 481 g/mol. The fraction of sp³-hybridized carbons (Fsp3) is 0.552. The number of ether oxygens (including phenoxy) is 1. The number of nitrogens with one attached hydrogen (secondary N) is 2. The number of carbonyl (C=O) groups is 1. The molecule has 192 valence electrons. The van der Waals surface area contributed by atoms with Gasteiger partial charge in [-0.2, -0.15) is 0 Å². The summed E-state index contributed by atoms with van der Waals surface area (Å²) in [6.45, 7) is 8.41. The van der Waals surface area contributed by atoms with E-state index in [1.807, 2.05) is 54.3 Å². The Hall–Kier alpha value is -2.73. The van der Waals surface area contributed by atoms with Gasteiger partial charge in [0.25, 0.3) is 0 Å². The average Bonchev–Trinajstić information content (AvgIpc) is 3.28. The minimum absolute atomic E-state index is 0.0515. The number of carbonyl (C=O) groups excluding carboxylic acids is 1. The Kier molecular flexibility index (Phi) is 10.7. The molecule has 6 nitrogen and oxygen atoms in total. The van der Waals surface area contributed by atoms with Crippen molar-refractivity contribution in [3.63, 3.8) is 0 Å². The van der Waals surface area contributed by atoms with Crippen LogP contribution in [0.5, 0.6) is 0 Å². The molecule has 3 atom stereocenters. The van der Waals surface area contributed by atoms with E-state index in [0.717, 1.165) is 24.6 Å². The van der Waals surface area contributed by atoms with Gasteiger partial charge >= 0.3 is 6.03 Å². The molecule has 1 saturated carbocycles. The van der Waals surface area contributed by atoms with Crippen LogP contribution in [0, 0.1) is 17.3 Å². The molecule has 4 N–H and O–H groups in total. The van der Waals surface area contributed by atoms with Crippen LogP contribution in [0.1, 0.15) is 51.5 Å². The molecule has 1 aromatic carbocycles. The number of nitrogens with two attached hydrogens (primary N) is 1. The molecule has 2 amide bonds. The van der Waals surface area contributed by atoms with E-state index in [-0.39, 0.29) is 11.4 Å². The molecule has 2 aliphatic carbocycles. The number of hydrogen-bond donors (Lipinski definition) is 3. The van der Waals surface area contributed by atoms with Crippen LogP contribution in [0.2, 0.25) is 0 Å². The molecule has 0 aliphatic heterocycles. The monoisotopic (exact) mass is 480 g/mol. The van der Waals surface area contributed by atoms with Gasteiger partial charge < -0.3 is 26.0 Å². The fourth-order valence-corrected chi connectivity index (χ4v) is 5.45. The Morgan fingerprint density at radius 1 is 1.29 bits per heavy atom. The molecule has 0 saturated heterocycles. The summed E-state index contributed by atoms with van der Waals surface area (Å²) >= 11 is 0. The summed E-state index contributed by atoms with van der Waals surface area (Å²) in [6, 6.07) is 10.1. The fourth-order valence-electron chi connectivity index (χ4n) is 5.45. The third kappa shape index (κ3) is 8.77. The second-order valence-corrected chi connectivity index (χ2v) is 10.1. The van der Waals surface area contributed by atoms with Crippen molar-refractivity contribution in [2.75, 3.05) is 32.7 Å². The predicted octanol–water partition coefficient (Wildman–Crippen LogP) is 4.95. The van der Waals surface area contributed by atoms with Gasteiger partial charge in [-0.1, -0.05) is 55.5 Å². The lowest BCUT2D eigenvalue weighted by Gasteiger charge is -2.34. The minimum Gasteiger partial charge on any atom is -0.487 e. The molecule has 35 heavy (non-hydrogen) atoms. The first-order valence-corrected chi connectivity index (χ1v) is 13.2. The Balaban J connectivity index is 1.35. The van der Waals surface area contributed by atoms with Crippen LogP contribution in [-0.4, -0.2) is 43.7 Å². The van der Waals surface area contributed by atoms with Crippen LogP contribution in [0.3, 0.4) is 0 Å². The first-order chi connectivity index (χ1) is 17.0. The first kappa shape index (κ1) is 26.9. The lowest BCUT2D eigenvalue weighted by molar-refractivity contribution is 0.181. The molecular weight excluding hydrogens is 436 g/mol. The zero-order valence-corrected chi connectivity index (χ0v) is 21.5. The molecule has 3 rings (SSSR count). The predicted molar refractivity (Wildman–Crippen MR) is 143 cm³/mol. The largest absolute Gasteiger partial charge is 0.487 e. The summed E-state index contributed by atoms with van der Waals surface area (Å²) in [5.41, 5.74) is 7.05. The van der Waals surface area contributed by atoms with E-state index in [9.17, 15) is 4.79 Å². The smallest absolute Gasteiger partial charge is 0.317 e. The summed E-state index contributed by atoms with van der Waals surface area (Å²) in [4.78, 5) is 14.8. The van der Waals surface area contributed by atoms with Crippen molar-refractivity contribution < 1.29 is 9.53 Å². The maximum absolute atomic E-state index is 12.9. The van der Waals surface area contributed by atoms with Gasteiger partial charge in [0.1, 0.15) is 12.4 Å². The maximum Gasteiger partial charge on any atom is 0.317 e. The molecule has 0 heterocycles. The SMILES string of the molecule is CCN(CCNC/C=C\C(=C/N)OCc1ccccc1)C(=O)NCC12CCC(C/C=C/C(C)C1)C2. The second-order valence-electron chi connectivity index (χ2n) is 10.1. The molecule has 3 unspecified atom stereocenters. The van der Waals surface area contributed by atoms with E-state index >= 15 is 0 Å². The van der Waals surface area contributed by atoms with E-state index in [0.29, 0.717) is 37.9 Å². The Labute approximate surface area is 211 Å². The minimum atomic E-state index is 0.0515. The highest BCUT2D eigenvalue weighted by Gasteiger charge is 2.40. The Morgan fingerprint density at radius 2 is 2.11 bits per heavy atom. The quantitative estimate of drug-likeness (QED) is 0.171. The van der Waals surface area contributed by atoms with Gasteiger partial charge in [0, 0.05) is 38.9 Å². The van der Waals surface area contributed by atoms with E-state index in [2.05, 4.69) is 29.7 Å². The number of nitrogens with zero attached hydrogens (tertiary/aromatic N) is 1. The lowest BCUT2D eigenvalue weighted by atomic mass is 9.76. The van der Waals surface area contributed by atoms with E-state index in [1.54, 1.807) is 0 Å². The van der Waals surface area contributed by atoms with Crippen molar-refractivity contribution in [1.82, 2.24) is 15.5 Å². The summed E-state index contributed by atoms with van der Waals surface area (Å²) in [5.74, 6) is 2.01.